The van der Waals surface area contributed by atoms with E-state index in [4.69, 9.17) is 0 Å². The Kier molecular flexibility index (Phi) is 4.45. The van der Waals surface area contributed by atoms with Gasteiger partial charge in [0, 0.05) is 29.8 Å². The largest absolute Gasteiger partial charge is 0.379 e. The molecule has 1 N–H and O–H groups in total. The average Bonchev–Trinajstić information content (AvgIpc) is 2.89. The van der Waals surface area contributed by atoms with Crippen molar-refractivity contribution < 1.29 is 4.92 Å². The maximum absolute atomic E-state index is 10.9. The van der Waals surface area contributed by atoms with Gasteiger partial charge in [-0.05, 0) is 18.6 Å². The summed E-state index contributed by atoms with van der Waals surface area (Å²) in [7, 11) is 0. The lowest BCUT2D eigenvalue weighted by Gasteiger charge is -2.07. The molecular formula is C11H12BrN5O2. The van der Waals surface area contributed by atoms with Crippen molar-refractivity contribution in [2.24, 2.45) is 0 Å². The molecule has 0 saturated carbocycles. The van der Waals surface area contributed by atoms with Gasteiger partial charge in [0.05, 0.1) is 11.1 Å². The number of nitrogens with one attached hydrogen (secondary N) is 1. The van der Waals surface area contributed by atoms with E-state index in [-0.39, 0.29) is 5.69 Å². The van der Waals surface area contributed by atoms with Crippen molar-refractivity contribution in [3.63, 3.8) is 0 Å². The van der Waals surface area contributed by atoms with Crippen LogP contribution in [0.1, 0.15) is 6.42 Å². The van der Waals surface area contributed by atoms with Crippen LogP contribution in [0.15, 0.2) is 35.1 Å². The van der Waals surface area contributed by atoms with Crippen LogP contribution in [0, 0.1) is 10.1 Å². The Hall–Kier alpha value is -1.96. The van der Waals surface area contributed by atoms with E-state index in [0.29, 0.717) is 16.7 Å². The number of hydrogen-bond donors (Lipinski definition) is 1. The summed E-state index contributed by atoms with van der Waals surface area (Å²) in [6, 6.07) is 4.95. The monoisotopic (exact) mass is 325 g/mol. The van der Waals surface area contributed by atoms with Gasteiger partial charge in [-0.1, -0.05) is 21.1 Å². The molecule has 0 atom stereocenters. The molecule has 0 aliphatic rings. The number of hydrogen-bond acceptors (Lipinski definition) is 5. The van der Waals surface area contributed by atoms with E-state index in [9.17, 15) is 10.1 Å². The molecule has 0 unspecified atom stereocenters. The second-order valence-electron chi connectivity index (χ2n) is 3.87. The maximum Gasteiger partial charge on any atom is 0.293 e. The fourth-order valence-electron chi connectivity index (χ4n) is 1.62. The zero-order valence-corrected chi connectivity index (χ0v) is 11.6. The van der Waals surface area contributed by atoms with Gasteiger partial charge in [0.25, 0.3) is 5.69 Å². The fourth-order valence-corrected chi connectivity index (χ4v) is 1.97. The minimum atomic E-state index is -0.398. The first-order valence-electron chi connectivity index (χ1n) is 5.69. The predicted molar refractivity (Wildman–Crippen MR) is 73.9 cm³/mol. The van der Waals surface area contributed by atoms with Gasteiger partial charge in [-0.2, -0.15) is 0 Å². The highest BCUT2D eigenvalue weighted by Crippen LogP contribution is 2.27. The molecule has 0 saturated heterocycles. The number of benzene rings is 1. The van der Waals surface area contributed by atoms with Crippen LogP contribution < -0.4 is 5.32 Å². The summed E-state index contributed by atoms with van der Waals surface area (Å²) in [6.07, 6.45) is 4.20. The normalized spacial score (nSPS) is 10.4. The molecule has 7 nitrogen and oxygen atoms in total. The Morgan fingerprint density at radius 1 is 1.47 bits per heavy atom. The van der Waals surface area contributed by atoms with E-state index >= 15 is 0 Å². The third-order valence-electron chi connectivity index (χ3n) is 2.51. The van der Waals surface area contributed by atoms with Gasteiger partial charge in [-0.15, -0.1) is 5.10 Å². The van der Waals surface area contributed by atoms with Crippen molar-refractivity contribution >= 4 is 27.3 Å². The minimum Gasteiger partial charge on any atom is -0.379 e. The average molecular weight is 326 g/mol. The van der Waals surface area contributed by atoms with Gasteiger partial charge < -0.3 is 5.32 Å². The smallest absolute Gasteiger partial charge is 0.293 e. The molecule has 2 rings (SSSR count). The molecule has 0 aliphatic carbocycles. The Morgan fingerprint density at radius 2 is 2.32 bits per heavy atom. The Labute approximate surface area is 117 Å². The lowest BCUT2D eigenvalue weighted by Crippen LogP contribution is -2.08. The maximum atomic E-state index is 10.9. The summed E-state index contributed by atoms with van der Waals surface area (Å²) in [5.41, 5.74) is 0.585. The van der Waals surface area contributed by atoms with Crippen LogP contribution in [-0.2, 0) is 6.54 Å². The van der Waals surface area contributed by atoms with Gasteiger partial charge in [0.2, 0.25) is 0 Å². The van der Waals surface area contributed by atoms with E-state index < -0.39 is 4.92 Å². The third kappa shape index (κ3) is 3.75. The number of rotatable bonds is 6. The molecule has 1 aromatic carbocycles. The molecule has 8 heteroatoms. The van der Waals surface area contributed by atoms with Crippen molar-refractivity contribution in [2.45, 2.75) is 13.0 Å². The Bertz CT molecular complexity index is 558. The van der Waals surface area contributed by atoms with Crippen LogP contribution in [-0.4, -0.2) is 26.5 Å². The van der Waals surface area contributed by atoms with Crippen molar-refractivity contribution in [3.8, 4) is 0 Å². The van der Waals surface area contributed by atoms with Gasteiger partial charge in [-0.3, -0.25) is 14.8 Å². The summed E-state index contributed by atoms with van der Waals surface area (Å²) in [6.45, 7) is 1.35. The summed E-state index contributed by atoms with van der Waals surface area (Å²) in [5, 5.41) is 21.5. The molecule has 0 spiro atoms. The van der Waals surface area contributed by atoms with Crippen LogP contribution in [0.4, 0.5) is 11.4 Å². The minimum absolute atomic E-state index is 0.0649. The van der Waals surface area contributed by atoms with Crippen molar-refractivity contribution in [1.82, 2.24) is 15.0 Å². The number of nitro groups is 1. The zero-order chi connectivity index (χ0) is 13.7. The van der Waals surface area contributed by atoms with E-state index in [1.165, 1.54) is 6.07 Å². The van der Waals surface area contributed by atoms with Crippen molar-refractivity contribution in [3.05, 3.63) is 45.2 Å². The first kappa shape index (κ1) is 13.5. The first-order valence-corrected chi connectivity index (χ1v) is 6.48. The molecule has 1 heterocycles. The highest BCUT2D eigenvalue weighted by molar-refractivity contribution is 9.10. The van der Waals surface area contributed by atoms with E-state index in [1.807, 2.05) is 0 Å². The third-order valence-corrected chi connectivity index (χ3v) is 3.00. The SMILES string of the molecule is O=[N+]([O-])c1cc(Br)ccc1NCCCn1ccnn1. The van der Waals surface area contributed by atoms with Crippen molar-refractivity contribution in [1.29, 1.82) is 0 Å². The molecule has 0 aliphatic heterocycles. The van der Waals surface area contributed by atoms with E-state index in [1.54, 1.807) is 29.2 Å². The highest BCUT2D eigenvalue weighted by atomic mass is 79.9. The van der Waals surface area contributed by atoms with Crippen LogP contribution in [0.3, 0.4) is 0 Å². The number of nitro benzene ring substituents is 1. The molecule has 0 radical (unpaired) electrons. The second-order valence-corrected chi connectivity index (χ2v) is 4.78. The number of nitrogens with zero attached hydrogens (tertiary/aromatic N) is 4. The molecule has 0 fully saturated rings. The number of halogens is 1. The molecular weight excluding hydrogens is 314 g/mol. The van der Waals surface area contributed by atoms with Gasteiger partial charge in [-0.25, -0.2) is 0 Å². The van der Waals surface area contributed by atoms with Gasteiger partial charge >= 0.3 is 0 Å². The molecule has 19 heavy (non-hydrogen) atoms. The summed E-state index contributed by atoms with van der Waals surface area (Å²) < 4.78 is 2.41. The lowest BCUT2D eigenvalue weighted by atomic mass is 10.2. The topological polar surface area (TPSA) is 85.9 Å². The molecule has 2 aromatic rings. The lowest BCUT2D eigenvalue weighted by molar-refractivity contribution is -0.384. The number of aromatic nitrogens is 3. The number of aryl methyl sites for hydroxylation is 1. The second kappa shape index (κ2) is 6.28. The molecule has 0 bridgehead atoms. The Morgan fingerprint density at radius 3 is 3.00 bits per heavy atom. The standard InChI is InChI=1S/C11H12BrN5O2/c12-9-2-3-10(11(8-9)17(18)19)13-4-1-6-16-7-5-14-15-16/h2-3,5,7-8,13H,1,4,6H2. The van der Waals surface area contributed by atoms with Gasteiger partial charge in [0.15, 0.2) is 0 Å². The fraction of sp³-hybridized carbons (Fsp3) is 0.273. The zero-order valence-electron chi connectivity index (χ0n) is 9.99. The van der Waals surface area contributed by atoms with Crippen LogP contribution in [0.25, 0.3) is 0 Å². The summed E-state index contributed by atoms with van der Waals surface area (Å²) >= 11 is 3.22. The summed E-state index contributed by atoms with van der Waals surface area (Å²) in [5.74, 6) is 0. The number of anilines is 1. The van der Waals surface area contributed by atoms with Crippen LogP contribution in [0.5, 0.6) is 0 Å². The summed E-state index contributed by atoms with van der Waals surface area (Å²) in [4.78, 5) is 10.5. The molecule has 0 amide bonds. The quantitative estimate of drug-likeness (QED) is 0.501. The van der Waals surface area contributed by atoms with E-state index in [2.05, 4.69) is 31.6 Å². The first-order chi connectivity index (χ1) is 9.16. The van der Waals surface area contributed by atoms with Gasteiger partial charge in [0.1, 0.15) is 5.69 Å². The van der Waals surface area contributed by atoms with Crippen LogP contribution >= 0.6 is 15.9 Å². The Balaban J connectivity index is 1.90. The van der Waals surface area contributed by atoms with E-state index in [0.717, 1.165) is 13.0 Å². The van der Waals surface area contributed by atoms with Crippen molar-refractivity contribution in [2.75, 3.05) is 11.9 Å². The molecule has 100 valence electrons. The predicted octanol–water partition coefficient (Wildman–Crippen LogP) is 2.45. The molecule has 1 aromatic heterocycles. The highest BCUT2D eigenvalue weighted by Gasteiger charge is 2.13. The van der Waals surface area contributed by atoms with Crippen LogP contribution in [0.2, 0.25) is 0 Å².